The highest BCUT2D eigenvalue weighted by Gasteiger charge is 2.33. The average Bonchev–Trinajstić information content (AvgIpc) is 2.74. The van der Waals surface area contributed by atoms with Crippen molar-refractivity contribution in [1.82, 2.24) is 10.6 Å². The van der Waals surface area contributed by atoms with Crippen molar-refractivity contribution in [1.29, 1.82) is 0 Å². The second kappa shape index (κ2) is 12.1. The summed E-state index contributed by atoms with van der Waals surface area (Å²) in [5.41, 5.74) is 1.78. The van der Waals surface area contributed by atoms with Crippen LogP contribution in [-0.4, -0.2) is 32.3 Å². The Morgan fingerprint density at radius 3 is 2.50 bits per heavy atom. The number of benzene rings is 1. The van der Waals surface area contributed by atoms with Crippen LogP contribution in [0.15, 0.2) is 29.5 Å². The number of methoxy groups -OCH3 is 1. The Hall–Kier alpha value is -2.70. The summed E-state index contributed by atoms with van der Waals surface area (Å²) in [6.45, 7) is 6.85. The summed E-state index contributed by atoms with van der Waals surface area (Å²) in [4.78, 5) is 25.1. The number of carbonyl (C=O) groups is 2. The van der Waals surface area contributed by atoms with Gasteiger partial charge in [-0.05, 0) is 43.9 Å². The zero-order valence-electron chi connectivity index (χ0n) is 18.5. The van der Waals surface area contributed by atoms with Crippen molar-refractivity contribution in [2.24, 2.45) is 0 Å². The van der Waals surface area contributed by atoms with E-state index in [1.165, 1.54) is 0 Å². The number of carbonyl (C=O) groups excluding carboxylic acids is 2. The first-order valence-corrected chi connectivity index (χ1v) is 10.8. The van der Waals surface area contributed by atoms with Gasteiger partial charge in [-0.25, -0.2) is 9.59 Å². The first kappa shape index (κ1) is 23.6. The van der Waals surface area contributed by atoms with Crippen LogP contribution in [0.4, 0.5) is 4.79 Å². The monoisotopic (exact) mass is 418 g/mol. The number of urea groups is 1. The van der Waals surface area contributed by atoms with Crippen molar-refractivity contribution in [3.8, 4) is 11.5 Å². The zero-order chi connectivity index (χ0) is 21.9. The lowest BCUT2D eigenvalue weighted by molar-refractivity contribution is -0.139. The minimum atomic E-state index is -0.618. The standard InChI is InChI=1S/C23H34N2O5/c1-5-8-10-14-30-18-13-12-16(15-19(18)28-4)21-20(22(26)29-7-3)17(11-9-6-2)24-23(27)25-21/h12-13,15,21H,5-11,14H2,1-4H3,(H2,24,25,27). The Labute approximate surface area is 179 Å². The van der Waals surface area contributed by atoms with E-state index in [9.17, 15) is 9.59 Å². The quantitative estimate of drug-likeness (QED) is 0.382. The van der Waals surface area contributed by atoms with Gasteiger partial charge in [-0.1, -0.05) is 39.2 Å². The van der Waals surface area contributed by atoms with Crippen molar-refractivity contribution < 1.29 is 23.8 Å². The fraction of sp³-hybridized carbons (Fsp3) is 0.565. The molecule has 7 nitrogen and oxygen atoms in total. The molecule has 0 fully saturated rings. The Morgan fingerprint density at radius 1 is 1.07 bits per heavy atom. The number of nitrogens with one attached hydrogen (secondary N) is 2. The molecule has 166 valence electrons. The zero-order valence-corrected chi connectivity index (χ0v) is 18.5. The summed E-state index contributed by atoms with van der Waals surface area (Å²) < 4.78 is 16.7. The predicted molar refractivity (Wildman–Crippen MR) is 116 cm³/mol. The molecule has 0 bridgehead atoms. The highest BCUT2D eigenvalue weighted by atomic mass is 16.5. The second-order valence-electron chi connectivity index (χ2n) is 7.21. The summed E-state index contributed by atoms with van der Waals surface area (Å²) in [5, 5.41) is 5.65. The number of hydrogen-bond donors (Lipinski definition) is 2. The lowest BCUT2D eigenvalue weighted by atomic mass is 9.93. The van der Waals surface area contributed by atoms with E-state index in [0.29, 0.717) is 35.8 Å². The number of amides is 2. The first-order valence-electron chi connectivity index (χ1n) is 10.8. The van der Waals surface area contributed by atoms with Gasteiger partial charge in [-0.2, -0.15) is 0 Å². The Bertz CT molecular complexity index is 760. The van der Waals surface area contributed by atoms with Gasteiger partial charge in [-0.15, -0.1) is 0 Å². The van der Waals surface area contributed by atoms with Crippen LogP contribution < -0.4 is 20.1 Å². The smallest absolute Gasteiger partial charge is 0.338 e. The third-order valence-electron chi connectivity index (χ3n) is 4.96. The lowest BCUT2D eigenvalue weighted by Gasteiger charge is -2.29. The minimum absolute atomic E-state index is 0.262. The molecule has 0 spiro atoms. The highest BCUT2D eigenvalue weighted by Crippen LogP contribution is 2.35. The highest BCUT2D eigenvalue weighted by molar-refractivity contribution is 5.95. The summed E-state index contributed by atoms with van der Waals surface area (Å²) in [5.74, 6) is 0.778. The van der Waals surface area contributed by atoms with Crippen molar-refractivity contribution in [2.45, 2.75) is 65.3 Å². The molecule has 2 N–H and O–H groups in total. The molecule has 1 aromatic rings. The van der Waals surface area contributed by atoms with Crippen molar-refractivity contribution in [2.75, 3.05) is 20.3 Å². The first-order chi connectivity index (χ1) is 14.5. The van der Waals surface area contributed by atoms with E-state index in [1.54, 1.807) is 14.0 Å². The van der Waals surface area contributed by atoms with E-state index in [4.69, 9.17) is 14.2 Å². The van der Waals surface area contributed by atoms with Crippen LogP contribution in [0.25, 0.3) is 0 Å². The van der Waals surface area contributed by atoms with E-state index in [2.05, 4.69) is 24.5 Å². The van der Waals surface area contributed by atoms with Crippen molar-refractivity contribution >= 4 is 12.0 Å². The van der Waals surface area contributed by atoms with E-state index in [-0.39, 0.29) is 12.6 Å². The Balaban J connectivity index is 2.37. The third kappa shape index (κ3) is 6.15. The lowest BCUT2D eigenvalue weighted by Crippen LogP contribution is -2.46. The van der Waals surface area contributed by atoms with Crippen LogP contribution in [0.3, 0.4) is 0 Å². The summed E-state index contributed by atoms with van der Waals surface area (Å²) in [6.07, 6.45) is 5.62. The van der Waals surface area contributed by atoms with Crippen molar-refractivity contribution in [3.63, 3.8) is 0 Å². The van der Waals surface area contributed by atoms with E-state index < -0.39 is 12.0 Å². The van der Waals surface area contributed by atoms with E-state index >= 15 is 0 Å². The molecular formula is C23H34N2O5. The summed E-state index contributed by atoms with van der Waals surface area (Å²) in [7, 11) is 1.58. The topological polar surface area (TPSA) is 85.9 Å². The number of hydrogen-bond acceptors (Lipinski definition) is 5. The molecule has 0 saturated carbocycles. The Kier molecular flexibility index (Phi) is 9.51. The average molecular weight is 419 g/mol. The number of ether oxygens (including phenoxy) is 3. The summed E-state index contributed by atoms with van der Waals surface area (Å²) in [6, 6.07) is 4.53. The predicted octanol–water partition coefficient (Wildman–Crippen LogP) is 4.63. The largest absolute Gasteiger partial charge is 0.493 e. The maximum atomic E-state index is 12.8. The molecule has 1 atom stereocenters. The summed E-state index contributed by atoms with van der Waals surface area (Å²) >= 11 is 0. The minimum Gasteiger partial charge on any atom is -0.493 e. The second-order valence-corrected chi connectivity index (χ2v) is 7.21. The van der Waals surface area contributed by atoms with Gasteiger partial charge < -0.3 is 24.8 Å². The van der Waals surface area contributed by atoms with Gasteiger partial charge >= 0.3 is 12.0 Å². The third-order valence-corrected chi connectivity index (χ3v) is 4.96. The van der Waals surface area contributed by atoms with Crippen LogP contribution in [0, 0.1) is 0 Å². The Morgan fingerprint density at radius 2 is 1.83 bits per heavy atom. The molecule has 1 aliphatic heterocycles. The maximum Gasteiger partial charge on any atom is 0.338 e. The molecule has 7 heteroatoms. The van der Waals surface area contributed by atoms with Crippen LogP contribution in [0.1, 0.15) is 70.9 Å². The fourth-order valence-electron chi connectivity index (χ4n) is 3.39. The SMILES string of the molecule is CCCCCOc1ccc(C2NC(=O)NC(CCCC)=C2C(=O)OCC)cc1OC. The molecule has 1 aliphatic rings. The number of esters is 1. The van der Waals surface area contributed by atoms with Crippen LogP contribution in [0.5, 0.6) is 11.5 Å². The van der Waals surface area contributed by atoms with Crippen molar-refractivity contribution in [3.05, 3.63) is 35.0 Å². The van der Waals surface area contributed by atoms with Gasteiger partial charge in [0.05, 0.1) is 31.9 Å². The van der Waals surface area contributed by atoms with Gasteiger partial charge in [0.1, 0.15) is 0 Å². The molecule has 0 radical (unpaired) electrons. The molecule has 30 heavy (non-hydrogen) atoms. The van der Waals surface area contributed by atoms with Gasteiger partial charge in [0, 0.05) is 5.70 Å². The molecule has 1 heterocycles. The molecule has 1 aromatic carbocycles. The van der Waals surface area contributed by atoms with Gasteiger partial charge in [0.25, 0.3) is 0 Å². The molecule has 2 amide bonds. The number of rotatable bonds is 12. The van der Waals surface area contributed by atoms with Crippen LogP contribution >= 0.6 is 0 Å². The number of allylic oxidation sites excluding steroid dienone is 1. The normalized spacial score (nSPS) is 16.0. The molecule has 0 saturated heterocycles. The van der Waals surface area contributed by atoms with E-state index in [0.717, 1.165) is 37.7 Å². The van der Waals surface area contributed by atoms with Gasteiger partial charge in [0.15, 0.2) is 11.5 Å². The molecule has 0 aliphatic carbocycles. The van der Waals surface area contributed by atoms with E-state index in [1.807, 2.05) is 18.2 Å². The number of unbranched alkanes of at least 4 members (excludes halogenated alkanes) is 3. The van der Waals surface area contributed by atoms with Crippen LogP contribution in [-0.2, 0) is 9.53 Å². The molecule has 2 rings (SSSR count). The maximum absolute atomic E-state index is 12.8. The fourth-order valence-corrected chi connectivity index (χ4v) is 3.39. The van der Waals surface area contributed by atoms with Gasteiger partial charge in [-0.3, -0.25) is 0 Å². The molecular weight excluding hydrogens is 384 g/mol. The van der Waals surface area contributed by atoms with Crippen LogP contribution in [0.2, 0.25) is 0 Å². The van der Waals surface area contributed by atoms with Gasteiger partial charge in [0.2, 0.25) is 0 Å². The molecule has 0 aromatic heterocycles. The molecule has 1 unspecified atom stereocenters.